The second kappa shape index (κ2) is 8.96. The molecule has 0 amide bonds. The van der Waals surface area contributed by atoms with Crippen molar-refractivity contribution in [2.45, 2.75) is 6.92 Å². The first-order chi connectivity index (χ1) is 5.27. The Hall–Kier alpha value is 0.873. The van der Waals surface area contributed by atoms with Gasteiger partial charge in [0.15, 0.2) is 0 Å². The summed E-state index contributed by atoms with van der Waals surface area (Å²) in [5.41, 5.74) is 1.27. The molecule has 2 aromatic carbocycles. The number of aryl methyl sites for hydroxylation is 1. The van der Waals surface area contributed by atoms with E-state index in [1.165, 1.54) is 10.9 Å². The van der Waals surface area contributed by atoms with E-state index in [0.717, 1.165) is 10.4 Å². The number of hydrogen-bond donors (Lipinski definition) is 0. The van der Waals surface area contributed by atoms with Crippen LogP contribution in [-0.2, 0) is 26.2 Å². The van der Waals surface area contributed by atoms with Crippen molar-refractivity contribution < 1.29 is 63.4 Å². The Morgan fingerprint density at radius 2 is 1.73 bits per heavy atom. The van der Waals surface area contributed by atoms with Crippen molar-refractivity contribution >= 4 is 22.4 Å². The molecule has 0 aromatic heterocycles. The van der Waals surface area contributed by atoms with Gasteiger partial charge in [0.1, 0.15) is 0 Å². The maximum atomic E-state index is 5.97. The predicted molar refractivity (Wildman–Crippen MR) is 49.3 cm³/mol. The summed E-state index contributed by atoms with van der Waals surface area (Å²) in [4.78, 5) is 0. The zero-order valence-corrected chi connectivity index (χ0v) is 13.4. The van der Waals surface area contributed by atoms with Gasteiger partial charge in [-0.3, -0.25) is 0 Å². The third-order valence-corrected chi connectivity index (χ3v) is 2.17. The number of rotatable bonds is 0. The molecule has 0 nitrogen and oxygen atoms in total. The van der Waals surface area contributed by atoms with E-state index in [1.54, 1.807) is 0 Å². The maximum Gasteiger partial charge on any atom is 4.00 e. The molecule has 0 saturated carbocycles. The summed E-state index contributed by atoms with van der Waals surface area (Å²) in [7, 11) is 0. The minimum absolute atomic E-state index is 0. The van der Waals surface area contributed by atoms with Gasteiger partial charge in [-0.2, -0.15) is 6.07 Å². The molecule has 0 unspecified atom stereocenters. The Kier molecular flexibility index (Phi) is 12.7. The Bertz CT molecular complexity index is 397. The fourth-order valence-corrected chi connectivity index (χ4v) is 1.58. The van der Waals surface area contributed by atoms with Crippen molar-refractivity contribution in [2.24, 2.45) is 0 Å². The van der Waals surface area contributed by atoms with Crippen LogP contribution in [0.3, 0.4) is 0 Å². The van der Waals surface area contributed by atoms with Crippen LogP contribution < -0.4 is 37.2 Å². The van der Waals surface area contributed by atoms with Crippen LogP contribution in [-0.4, -0.2) is 0 Å². The van der Waals surface area contributed by atoms with Gasteiger partial charge in [-0.25, -0.2) is 0 Å². The van der Waals surface area contributed by atoms with Crippen LogP contribution in [0.5, 0.6) is 0 Å². The van der Waals surface area contributed by atoms with Gasteiger partial charge in [0.25, 0.3) is 0 Å². The third kappa shape index (κ3) is 4.71. The molecule has 80 valence electrons. The van der Waals surface area contributed by atoms with Gasteiger partial charge >= 0.3 is 26.2 Å². The zero-order valence-electron chi connectivity index (χ0n) is 7.90. The quantitative estimate of drug-likeness (QED) is 0.411. The van der Waals surface area contributed by atoms with Crippen LogP contribution >= 0.6 is 11.6 Å². The first kappa shape index (κ1) is 21.2. The molecule has 0 saturated heterocycles. The third-order valence-electron chi connectivity index (χ3n) is 1.84. The van der Waals surface area contributed by atoms with E-state index >= 15 is 0 Å². The average molecular weight is 361 g/mol. The molecule has 0 spiro atoms. The van der Waals surface area contributed by atoms with E-state index in [2.05, 4.69) is 25.1 Å². The molecule has 15 heavy (non-hydrogen) atoms. The van der Waals surface area contributed by atoms with Gasteiger partial charge in [0, 0.05) is 0 Å². The van der Waals surface area contributed by atoms with E-state index in [9.17, 15) is 0 Å². The van der Waals surface area contributed by atoms with Gasteiger partial charge in [0.05, 0.1) is 0 Å². The van der Waals surface area contributed by atoms with E-state index in [4.69, 9.17) is 11.6 Å². The fourth-order valence-electron chi connectivity index (χ4n) is 1.35. The Morgan fingerprint density at radius 3 is 2.27 bits per heavy atom. The molecule has 0 atom stereocenters. The Morgan fingerprint density at radius 1 is 1.13 bits per heavy atom. The minimum atomic E-state index is 0. The molecule has 0 heterocycles. The van der Waals surface area contributed by atoms with Crippen LogP contribution in [0.15, 0.2) is 30.3 Å². The molecule has 0 aliphatic heterocycles. The van der Waals surface area contributed by atoms with Crippen LogP contribution in [0.2, 0.25) is 5.02 Å². The molecule has 2 aromatic rings. The van der Waals surface area contributed by atoms with E-state index in [-0.39, 0.29) is 63.4 Å². The van der Waals surface area contributed by atoms with Gasteiger partial charge in [-0.05, 0) is 5.02 Å². The zero-order chi connectivity index (χ0) is 7.84. The van der Waals surface area contributed by atoms with Crippen molar-refractivity contribution in [3.05, 3.63) is 40.9 Å². The van der Waals surface area contributed by atoms with Gasteiger partial charge in [-0.1, -0.05) is 24.6 Å². The van der Waals surface area contributed by atoms with Crippen molar-refractivity contribution in [1.82, 2.24) is 0 Å². The molecular formula is C10H8Cl4Zr. The predicted octanol–water partition coefficient (Wildman–Crippen LogP) is -5.47. The van der Waals surface area contributed by atoms with Crippen molar-refractivity contribution in [2.75, 3.05) is 0 Å². The number of halogens is 4. The topological polar surface area (TPSA) is 0 Å². The van der Waals surface area contributed by atoms with Crippen molar-refractivity contribution in [1.29, 1.82) is 0 Å². The van der Waals surface area contributed by atoms with Crippen LogP contribution in [0.4, 0.5) is 0 Å². The monoisotopic (exact) mass is 358 g/mol. The van der Waals surface area contributed by atoms with Crippen LogP contribution in [0, 0.1) is 6.92 Å². The van der Waals surface area contributed by atoms with Crippen molar-refractivity contribution in [3.63, 3.8) is 0 Å². The molecule has 5 heteroatoms. The largest absolute Gasteiger partial charge is 4.00 e. The molecule has 0 bridgehead atoms. The van der Waals surface area contributed by atoms with E-state index < -0.39 is 0 Å². The summed E-state index contributed by atoms with van der Waals surface area (Å²) in [6, 6.07) is 10.2. The van der Waals surface area contributed by atoms with Crippen molar-refractivity contribution in [3.8, 4) is 0 Å². The second-order valence-electron chi connectivity index (χ2n) is 2.78. The average Bonchev–Trinajstić information content (AvgIpc) is 2.31. The summed E-state index contributed by atoms with van der Waals surface area (Å²) >= 11 is 5.97. The van der Waals surface area contributed by atoms with E-state index in [0.29, 0.717) is 0 Å². The molecule has 0 aliphatic rings. The SMILES string of the molecule is Cc1cc2c(Cl)cccc2[cH-]1.[Cl-].[Cl-].[Cl-].[Zr+4]. The molecule has 0 aliphatic carbocycles. The Balaban J connectivity index is -0.000000360. The van der Waals surface area contributed by atoms with Gasteiger partial charge in [0.2, 0.25) is 0 Å². The smallest absolute Gasteiger partial charge is 1.00 e. The number of hydrogen-bond acceptors (Lipinski definition) is 0. The van der Waals surface area contributed by atoms with Gasteiger partial charge < -0.3 is 37.2 Å². The molecule has 2 rings (SSSR count). The first-order valence-corrected chi connectivity index (χ1v) is 3.97. The normalized spacial score (nSPS) is 7.87. The number of benzene rings is 1. The fraction of sp³-hybridized carbons (Fsp3) is 0.100. The first-order valence-electron chi connectivity index (χ1n) is 3.59. The second-order valence-corrected chi connectivity index (χ2v) is 3.18. The Labute approximate surface area is 132 Å². The summed E-state index contributed by atoms with van der Waals surface area (Å²) < 4.78 is 0. The molecule has 0 radical (unpaired) electrons. The number of fused-ring (bicyclic) bond motifs is 1. The standard InChI is InChI=1S/C10H8Cl.3ClH.Zr/c1-7-5-8-3-2-4-10(11)9(8)6-7;;;;/h2-6H,1H3;3*1H;/q-1;;;;+4/p-3. The summed E-state index contributed by atoms with van der Waals surface area (Å²) in [5.74, 6) is 0. The van der Waals surface area contributed by atoms with Gasteiger partial charge in [-0.15, -0.1) is 34.5 Å². The molecular weight excluding hydrogens is 353 g/mol. The molecule has 0 N–H and O–H groups in total. The molecule has 0 fully saturated rings. The summed E-state index contributed by atoms with van der Waals surface area (Å²) in [6.45, 7) is 2.08. The maximum absolute atomic E-state index is 5.97. The van der Waals surface area contributed by atoms with Crippen LogP contribution in [0.25, 0.3) is 10.8 Å². The van der Waals surface area contributed by atoms with E-state index in [1.807, 2.05) is 12.1 Å². The minimum Gasteiger partial charge on any atom is -1.00 e. The van der Waals surface area contributed by atoms with Crippen LogP contribution in [0.1, 0.15) is 5.56 Å². The summed E-state index contributed by atoms with van der Waals surface area (Å²) in [5, 5.41) is 3.23. The summed E-state index contributed by atoms with van der Waals surface area (Å²) in [6.07, 6.45) is 0.